The van der Waals surface area contributed by atoms with Gasteiger partial charge >= 0.3 is 0 Å². The SMILES string of the molecule is Cc1ccc(-n2cc(-c3ccc([N+](=O)[O-])cc3)nc2SCC(=O)c2ccccc2)c(C)c1. The topological polar surface area (TPSA) is 78.0 Å². The number of carbonyl (C=O) groups is 1. The molecule has 0 spiro atoms. The summed E-state index contributed by atoms with van der Waals surface area (Å²) in [5.74, 6) is 0.286. The van der Waals surface area contributed by atoms with Crippen LogP contribution < -0.4 is 0 Å². The van der Waals surface area contributed by atoms with Gasteiger partial charge in [-0.15, -0.1) is 0 Å². The van der Waals surface area contributed by atoms with E-state index in [1.807, 2.05) is 67.1 Å². The number of imidazole rings is 1. The molecule has 0 atom stereocenters. The Morgan fingerprint density at radius 1 is 1.03 bits per heavy atom. The van der Waals surface area contributed by atoms with E-state index in [2.05, 4.69) is 6.07 Å². The summed E-state index contributed by atoms with van der Waals surface area (Å²) in [6, 6.07) is 21.7. The molecule has 1 aromatic heterocycles. The monoisotopic (exact) mass is 443 g/mol. The molecule has 6 nitrogen and oxygen atoms in total. The molecule has 0 N–H and O–H groups in total. The molecule has 32 heavy (non-hydrogen) atoms. The average molecular weight is 444 g/mol. The second-order valence-corrected chi connectivity index (χ2v) is 8.39. The van der Waals surface area contributed by atoms with Crippen molar-refractivity contribution in [3.8, 4) is 16.9 Å². The van der Waals surface area contributed by atoms with Gasteiger partial charge in [-0.1, -0.05) is 59.8 Å². The fourth-order valence-electron chi connectivity index (χ4n) is 3.44. The molecule has 4 rings (SSSR count). The predicted octanol–water partition coefficient (Wildman–Crippen LogP) is 6.04. The lowest BCUT2D eigenvalue weighted by Crippen LogP contribution is -2.04. The maximum Gasteiger partial charge on any atom is 0.269 e. The van der Waals surface area contributed by atoms with Crippen LogP contribution in [0.2, 0.25) is 0 Å². The number of hydrogen-bond donors (Lipinski definition) is 0. The van der Waals surface area contributed by atoms with E-state index >= 15 is 0 Å². The van der Waals surface area contributed by atoms with E-state index in [0.29, 0.717) is 16.4 Å². The molecule has 0 saturated carbocycles. The van der Waals surface area contributed by atoms with E-state index in [-0.39, 0.29) is 17.2 Å². The lowest BCUT2D eigenvalue weighted by molar-refractivity contribution is -0.384. The quantitative estimate of drug-likeness (QED) is 0.151. The molecule has 0 aliphatic heterocycles. The molecule has 0 bridgehead atoms. The molecule has 0 radical (unpaired) electrons. The Bertz CT molecular complexity index is 1280. The number of nitrogens with zero attached hydrogens (tertiary/aromatic N) is 3. The summed E-state index contributed by atoms with van der Waals surface area (Å²) in [6.45, 7) is 4.08. The van der Waals surface area contributed by atoms with E-state index in [4.69, 9.17) is 4.98 Å². The first-order valence-corrected chi connectivity index (χ1v) is 11.0. The highest BCUT2D eigenvalue weighted by Crippen LogP contribution is 2.30. The molecule has 7 heteroatoms. The van der Waals surface area contributed by atoms with Crippen LogP contribution >= 0.6 is 11.8 Å². The lowest BCUT2D eigenvalue weighted by atomic mass is 10.1. The number of thioether (sulfide) groups is 1. The fourth-order valence-corrected chi connectivity index (χ4v) is 4.32. The number of carbonyl (C=O) groups excluding carboxylic acids is 1. The van der Waals surface area contributed by atoms with Crippen molar-refractivity contribution in [1.29, 1.82) is 0 Å². The van der Waals surface area contributed by atoms with Crippen molar-refractivity contribution in [2.24, 2.45) is 0 Å². The van der Waals surface area contributed by atoms with Crippen molar-refractivity contribution < 1.29 is 9.72 Å². The number of aromatic nitrogens is 2. The van der Waals surface area contributed by atoms with Gasteiger partial charge < -0.3 is 0 Å². The Balaban J connectivity index is 1.69. The molecule has 3 aromatic carbocycles. The number of benzene rings is 3. The van der Waals surface area contributed by atoms with Crippen molar-refractivity contribution in [3.05, 3.63) is 106 Å². The summed E-state index contributed by atoms with van der Waals surface area (Å²) in [6.07, 6.45) is 1.91. The molecular formula is C25H21N3O3S. The summed E-state index contributed by atoms with van der Waals surface area (Å²) in [4.78, 5) is 27.9. The second kappa shape index (κ2) is 9.20. The second-order valence-electron chi connectivity index (χ2n) is 7.45. The number of Topliss-reactive ketones (excluding diaryl/α,β-unsaturated/α-hetero) is 1. The van der Waals surface area contributed by atoms with Crippen molar-refractivity contribution in [1.82, 2.24) is 9.55 Å². The van der Waals surface area contributed by atoms with Crippen molar-refractivity contribution in [3.63, 3.8) is 0 Å². The molecule has 4 aromatic rings. The minimum absolute atomic E-state index is 0.0302. The first kappa shape index (κ1) is 21.5. The van der Waals surface area contributed by atoms with Crippen LogP contribution in [0.3, 0.4) is 0 Å². The lowest BCUT2D eigenvalue weighted by Gasteiger charge is -2.11. The highest BCUT2D eigenvalue weighted by molar-refractivity contribution is 7.99. The van der Waals surface area contributed by atoms with Crippen LogP contribution in [-0.4, -0.2) is 26.0 Å². The standard InChI is InChI=1S/C25H21N3O3S/c1-17-8-13-23(18(2)14-17)27-15-22(19-9-11-21(12-10-19)28(30)31)26-25(27)32-16-24(29)20-6-4-3-5-7-20/h3-15H,16H2,1-2H3. The third kappa shape index (κ3) is 4.63. The van der Waals surface area contributed by atoms with Gasteiger partial charge in [0.2, 0.25) is 0 Å². The Labute approximate surface area is 190 Å². The Morgan fingerprint density at radius 3 is 2.41 bits per heavy atom. The van der Waals surface area contributed by atoms with E-state index in [0.717, 1.165) is 22.4 Å². The highest BCUT2D eigenvalue weighted by atomic mass is 32.2. The zero-order valence-electron chi connectivity index (χ0n) is 17.7. The minimum Gasteiger partial charge on any atom is -0.294 e. The predicted molar refractivity (Wildman–Crippen MR) is 127 cm³/mol. The number of non-ortho nitro benzene ring substituents is 1. The maximum absolute atomic E-state index is 12.6. The highest BCUT2D eigenvalue weighted by Gasteiger charge is 2.16. The Hall–Kier alpha value is -3.71. The molecule has 0 aliphatic carbocycles. The molecule has 160 valence electrons. The molecule has 0 aliphatic rings. The van der Waals surface area contributed by atoms with Gasteiger partial charge in [-0.3, -0.25) is 19.5 Å². The van der Waals surface area contributed by atoms with Gasteiger partial charge in [0.05, 0.1) is 22.1 Å². The molecular weight excluding hydrogens is 422 g/mol. The van der Waals surface area contributed by atoms with Gasteiger partial charge in [-0.05, 0) is 37.6 Å². The smallest absolute Gasteiger partial charge is 0.269 e. The third-order valence-corrected chi connectivity index (χ3v) is 6.04. The van der Waals surface area contributed by atoms with Gasteiger partial charge in [0.25, 0.3) is 5.69 Å². The van der Waals surface area contributed by atoms with E-state index in [1.54, 1.807) is 12.1 Å². The largest absolute Gasteiger partial charge is 0.294 e. The van der Waals surface area contributed by atoms with E-state index in [1.165, 1.54) is 23.9 Å². The van der Waals surface area contributed by atoms with Crippen LogP contribution in [0.1, 0.15) is 21.5 Å². The summed E-state index contributed by atoms with van der Waals surface area (Å²) in [5.41, 5.74) is 5.39. The van der Waals surface area contributed by atoms with Crippen LogP contribution in [0, 0.1) is 24.0 Å². The van der Waals surface area contributed by atoms with Crippen LogP contribution in [0.5, 0.6) is 0 Å². The Kier molecular flexibility index (Phi) is 6.18. The summed E-state index contributed by atoms with van der Waals surface area (Å²) < 4.78 is 1.98. The zero-order valence-corrected chi connectivity index (χ0v) is 18.5. The molecule has 0 saturated heterocycles. The summed E-state index contributed by atoms with van der Waals surface area (Å²) >= 11 is 1.38. The average Bonchev–Trinajstić information content (AvgIpc) is 3.22. The fraction of sp³-hybridized carbons (Fsp3) is 0.120. The van der Waals surface area contributed by atoms with Crippen molar-refractivity contribution in [2.75, 3.05) is 5.75 Å². The number of hydrogen-bond acceptors (Lipinski definition) is 5. The first-order valence-electron chi connectivity index (χ1n) is 10.1. The third-order valence-electron chi connectivity index (χ3n) is 5.09. The van der Waals surface area contributed by atoms with E-state index < -0.39 is 4.92 Å². The summed E-state index contributed by atoms with van der Waals surface area (Å²) in [7, 11) is 0. The molecule has 0 amide bonds. The van der Waals surface area contributed by atoms with Crippen molar-refractivity contribution in [2.45, 2.75) is 19.0 Å². The van der Waals surface area contributed by atoms with E-state index in [9.17, 15) is 14.9 Å². The first-order chi connectivity index (χ1) is 15.4. The maximum atomic E-state index is 12.6. The van der Waals surface area contributed by atoms with Crippen LogP contribution in [0.25, 0.3) is 16.9 Å². The number of nitro groups is 1. The molecule has 0 fully saturated rings. The Morgan fingerprint density at radius 2 is 1.75 bits per heavy atom. The van der Waals surface area contributed by atoms with Crippen LogP contribution in [-0.2, 0) is 0 Å². The van der Waals surface area contributed by atoms with Crippen LogP contribution in [0.4, 0.5) is 5.69 Å². The zero-order chi connectivity index (χ0) is 22.7. The normalized spacial score (nSPS) is 10.8. The van der Waals surface area contributed by atoms with Crippen LogP contribution in [0.15, 0.2) is 84.1 Å². The van der Waals surface area contributed by atoms with Gasteiger partial charge in [0.1, 0.15) is 0 Å². The summed E-state index contributed by atoms with van der Waals surface area (Å²) in [5, 5.41) is 11.7. The van der Waals surface area contributed by atoms with Gasteiger partial charge in [0.15, 0.2) is 10.9 Å². The number of ketones is 1. The van der Waals surface area contributed by atoms with Gasteiger partial charge in [-0.25, -0.2) is 4.98 Å². The minimum atomic E-state index is -0.422. The number of nitro benzene ring substituents is 1. The molecule has 1 heterocycles. The number of aryl methyl sites for hydroxylation is 2. The van der Waals surface area contributed by atoms with Crippen molar-refractivity contribution >= 4 is 23.2 Å². The van der Waals surface area contributed by atoms with Gasteiger partial charge in [0, 0.05) is 29.5 Å². The molecule has 0 unspecified atom stereocenters. The number of rotatable bonds is 7. The van der Waals surface area contributed by atoms with Gasteiger partial charge in [-0.2, -0.15) is 0 Å².